The monoisotopic (exact) mass is 353 g/mol. The predicted octanol–water partition coefficient (Wildman–Crippen LogP) is 3.37. The molecule has 1 aromatic carbocycles. The second-order valence-corrected chi connectivity index (χ2v) is 6.57. The summed E-state index contributed by atoms with van der Waals surface area (Å²) < 4.78 is 18.3. The summed E-state index contributed by atoms with van der Waals surface area (Å²) >= 11 is 6.26. The highest BCUT2D eigenvalue weighted by Crippen LogP contribution is 2.32. The van der Waals surface area contributed by atoms with Gasteiger partial charge in [-0.3, -0.25) is 14.5 Å². The number of thioether (sulfide) groups is 1. The Kier molecular flexibility index (Phi) is 6.29. The third kappa shape index (κ3) is 4.87. The van der Waals surface area contributed by atoms with E-state index in [-0.39, 0.29) is 18.3 Å². The Morgan fingerprint density at radius 1 is 1.39 bits per heavy atom. The van der Waals surface area contributed by atoms with Crippen molar-refractivity contribution in [2.45, 2.75) is 19.8 Å². The number of halogens is 1. The first-order chi connectivity index (χ1) is 11.0. The summed E-state index contributed by atoms with van der Waals surface area (Å²) in [5.41, 5.74) is 0.692. The molecule has 1 fully saturated rings. The molecule has 1 amide bonds. The third-order valence-electron chi connectivity index (χ3n) is 3.09. The van der Waals surface area contributed by atoms with Crippen LogP contribution in [0.1, 0.15) is 25.3 Å². The van der Waals surface area contributed by atoms with Gasteiger partial charge in [-0.25, -0.2) is 4.39 Å². The second-order valence-electron chi connectivity index (χ2n) is 4.89. The molecule has 0 spiro atoms. The molecule has 7 heteroatoms. The first kappa shape index (κ1) is 17.6. The fraction of sp³-hybridized carbons (Fsp3) is 0.312. The van der Waals surface area contributed by atoms with Crippen molar-refractivity contribution in [1.82, 2.24) is 4.90 Å². The Hall–Kier alpha value is -1.73. The van der Waals surface area contributed by atoms with Gasteiger partial charge < -0.3 is 4.74 Å². The summed E-state index contributed by atoms with van der Waals surface area (Å²) in [6.45, 7) is 2.15. The van der Waals surface area contributed by atoms with Crippen molar-refractivity contribution < 1.29 is 18.7 Å². The molecular weight excluding hydrogens is 337 g/mol. The van der Waals surface area contributed by atoms with E-state index in [0.717, 1.165) is 24.6 Å². The first-order valence-corrected chi connectivity index (χ1v) is 8.40. The van der Waals surface area contributed by atoms with E-state index in [2.05, 4.69) is 0 Å². The maximum Gasteiger partial charge on any atom is 0.326 e. The summed E-state index contributed by atoms with van der Waals surface area (Å²) in [5, 5.41) is 0. The largest absolute Gasteiger partial charge is 0.464 e. The Morgan fingerprint density at radius 3 is 2.74 bits per heavy atom. The second kappa shape index (κ2) is 8.21. The van der Waals surface area contributed by atoms with E-state index in [0.29, 0.717) is 21.4 Å². The quantitative estimate of drug-likeness (QED) is 0.340. The number of amides is 1. The van der Waals surface area contributed by atoms with Gasteiger partial charge in [0.2, 0.25) is 0 Å². The maximum atomic E-state index is 12.9. The molecule has 122 valence electrons. The lowest BCUT2D eigenvalue weighted by Gasteiger charge is -2.13. The van der Waals surface area contributed by atoms with E-state index in [1.165, 1.54) is 17.0 Å². The molecular formula is C16H16FNO3S2. The number of ether oxygens (including phenoxy) is 1. The minimum atomic E-state index is -0.474. The van der Waals surface area contributed by atoms with Crippen LogP contribution in [0.2, 0.25) is 0 Å². The van der Waals surface area contributed by atoms with Crippen LogP contribution >= 0.6 is 24.0 Å². The van der Waals surface area contributed by atoms with Gasteiger partial charge in [0.15, 0.2) is 0 Å². The topological polar surface area (TPSA) is 46.6 Å². The number of nitrogens with zero attached hydrogens (tertiary/aromatic N) is 1. The molecule has 1 aromatic rings. The number of rotatable bonds is 6. The average molecular weight is 353 g/mol. The van der Waals surface area contributed by atoms with Crippen molar-refractivity contribution in [2.75, 3.05) is 13.2 Å². The SMILES string of the molecule is CCCCOC(=O)CN1C(=O)/C(=C/c2ccc(F)cc2)SC1=S. The van der Waals surface area contributed by atoms with E-state index < -0.39 is 5.97 Å². The van der Waals surface area contributed by atoms with Crippen LogP contribution in [0.25, 0.3) is 6.08 Å². The van der Waals surface area contributed by atoms with Crippen LogP contribution < -0.4 is 0 Å². The highest BCUT2D eigenvalue weighted by atomic mass is 32.2. The fourth-order valence-electron chi connectivity index (χ4n) is 1.85. The predicted molar refractivity (Wildman–Crippen MR) is 92.1 cm³/mol. The molecule has 1 aliphatic rings. The highest BCUT2D eigenvalue weighted by Gasteiger charge is 2.33. The molecule has 0 atom stereocenters. The summed E-state index contributed by atoms with van der Waals surface area (Å²) in [6.07, 6.45) is 3.34. The van der Waals surface area contributed by atoms with Crippen LogP contribution in [0.15, 0.2) is 29.2 Å². The lowest BCUT2D eigenvalue weighted by Crippen LogP contribution is -2.34. The number of carbonyl (C=O) groups is 2. The van der Waals surface area contributed by atoms with Crippen molar-refractivity contribution in [3.8, 4) is 0 Å². The molecule has 0 saturated carbocycles. The molecule has 1 saturated heterocycles. The molecule has 0 radical (unpaired) electrons. The first-order valence-electron chi connectivity index (χ1n) is 7.18. The van der Waals surface area contributed by atoms with Gasteiger partial charge in [0.25, 0.3) is 5.91 Å². The lowest BCUT2D eigenvalue weighted by atomic mass is 10.2. The van der Waals surface area contributed by atoms with Gasteiger partial charge in [0, 0.05) is 0 Å². The van der Waals surface area contributed by atoms with Crippen LogP contribution in [0.5, 0.6) is 0 Å². The van der Waals surface area contributed by atoms with Gasteiger partial charge in [-0.1, -0.05) is 49.5 Å². The van der Waals surface area contributed by atoms with Crippen LogP contribution in [0, 0.1) is 5.82 Å². The average Bonchev–Trinajstić information content (AvgIpc) is 2.77. The standard InChI is InChI=1S/C16H16FNO3S2/c1-2-3-8-21-14(19)10-18-15(20)13(23-16(18)22)9-11-4-6-12(17)7-5-11/h4-7,9H,2-3,8,10H2,1H3/b13-9-. The van der Waals surface area contributed by atoms with Gasteiger partial charge in [0.1, 0.15) is 16.7 Å². The molecule has 1 heterocycles. The smallest absolute Gasteiger partial charge is 0.326 e. The molecule has 0 aromatic heterocycles. The molecule has 2 rings (SSSR count). The summed E-state index contributed by atoms with van der Waals surface area (Å²) in [4.78, 5) is 25.7. The number of hydrogen-bond donors (Lipinski definition) is 0. The van der Waals surface area contributed by atoms with Crippen molar-refractivity contribution in [3.63, 3.8) is 0 Å². The molecule has 0 unspecified atom stereocenters. The van der Waals surface area contributed by atoms with E-state index >= 15 is 0 Å². The van der Waals surface area contributed by atoms with Crippen molar-refractivity contribution in [1.29, 1.82) is 0 Å². The number of unbranched alkanes of at least 4 members (excludes halogenated alkanes) is 1. The molecule has 1 aliphatic heterocycles. The maximum absolute atomic E-state index is 12.9. The number of carbonyl (C=O) groups excluding carboxylic acids is 2. The number of thiocarbonyl (C=S) groups is 1. The summed E-state index contributed by atoms with van der Waals surface area (Å²) in [6, 6.07) is 5.77. The third-order valence-corrected chi connectivity index (χ3v) is 4.47. The molecule has 23 heavy (non-hydrogen) atoms. The Balaban J connectivity index is 2.02. The van der Waals surface area contributed by atoms with Crippen LogP contribution in [0.3, 0.4) is 0 Å². The summed E-state index contributed by atoms with van der Waals surface area (Å²) in [5.74, 6) is -1.15. The van der Waals surface area contributed by atoms with Crippen LogP contribution in [-0.4, -0.2) is 34.2 Å². The fourth-order valence-corrected chi connectivity index (χ4v) is 3.11. The number of benzene rings is 1. The zero-order chi connectivity index (χ0) is 16.8. The van der Waals surface area contributed by atoms with Gasteiger partial charge in [0.05, 0.1) is 11.5 Å². The van der Waals surface area contributed by atoms with Crippen LogP contribution in [0.4, 0.5) is 4.39 Å². The lowest BCUT2D eigenvalue weighted by molar-refractivity contribution is -0.146. The van der Waals surface area contributed by atoms with Gasteiger partial charge >= 0.3 is 5.97 Å². The molecule has 0 bridgehead atoms. The number of hydrogen-bond acceptors (Lipinski definition) is 5. The van der Waals surface area contributed by atoms with Crippen molar-refractivity contribution in [2.24, 2.45) is 0 Å². The molecule has 0 N–H and O–H groups in total. The van der Waals surface area contributed by atoms with E-state index in [9.17, 15) is 14.0 Å². The Morgan fingerprint density at radius 2 is 2.09 bits per heavy atom. The van der Waals surface area contributed by atoms with E-state index in [1.54, 1.807) is 18.2 Å². The molecule has 4 nitrogen and oxygen atoms in total. The minimum absolute atomic E-state index is 0.185. The zero-order valence-electron chi connectivity index (χ0n) is 12.6. The van der Waals surface area contributed by atoms with Gasteiger partial charge in [-0.2, -0.15) is 0 Å². The Bertz CT molecular complexity index is 643. The number of esters is 1. The van der Waals surface area contributed by atoms with E-state index in [4.69, 9.17) is 17.0 Å². The van der Waals surface area contributed by atoms with Gasteiger partial charge in [-0.15, -0.1) is 0 Å². The Labute approximate surface area is 143 Å². The van der Waals surface area contributed by atoms with Gasteiger partial charge in [-0.05, 0) is 30.2 Å². The normalized spacial score (nSPS) is 16.3. The van der Waals surface area contributed by atoms with Crippen molar-refractivity contribution >= 4 is 46.3 Å². The zero-order valence-corrected chi connectivity index (χ0v) is 14.2. The van der Waals surface area contributed by atoms with Crippen molar-refractivity contribution in [3.05, 3.63) is 40.6 Å². The summed E-state index contributed by atoms with van der Waals surface area (Å²) in [7, 11) is 0. The highest BCUT2D eigenvalue weighted by molar-refractivity contribution is 8.26. The molecule has 0 aliphatic carbocycles. The van der Waals surface area contributed by atoms with E-state index in [1.807, 2.05) is 6.92 Å². The van der Waals surface area contributed by atoms with Crippen LogP contribution in [-0.2, 0) is 14.3 Å². The minimum Gasteiger partial charge on any atom is -0.464 e.